The lowest BCUT2D eigenvalue weighted by Gasteiger charge is -2.53. The predicted octanol–water partition coefficient (Wildman–Crippen LogP) is 1.80. The fourth-order valence-corrected chi connectivity index (χ4v) is 5.52. The number of aliphatic hydroxyl groups excluding tert-OH is 1. The van der Waals surface area contributed by atoms with Gasteiger partial charge in [0.1, 0.15) is 6.29 Å². The molecule has 0 aromatic carbocycles. The fraction of sp³-hybridized carbons (Fsp3) is 0.800. The van der Waals surface area contributed by atoms with Crippen molar-refractivity contribution in [2.45, 2.75) is 32.3 Å². The van der Waals surface area contributed by atoms with Crippen LogP contribution in [0.15, 0.2) is 12.2 Å². The molecule has 0 amide bonds. The third-order valence-electron chi connectivity index (χ3n) is 6.31. The van der Waals surface area contributed by atoms with Crippen LogP contribution in [-0.4, -0.2) is 31.2 Å². The molecule has 0 radical (unpaired) electrons. The van der Waals surface area contributed by atoms with E-state index in [1.54, 1.807) is 7.11 Å². The topological polar surface area (TPSA) is 46.5 Å². The molecular weight excluding hydrogens is 228 g/mol. The fourth-order valence-electron chi connectivity index (χ4n) is 5.52. The first kappa shape index (κ1) is 12.4. The molecule has 0 spiro atoms. The third kappa shape index (κ3) is 0.992. The quantitative estimate of drug-likeness (QED) is 0.613. The van der Waals surface area contributed by atoms with Crippen LogP contribution in [0.2, 0.25) is 0 Å². The first-order valence-corrected chi connectivity index (χ1v) is 6.87. The second kappa shape index (κ2) is 3.67. The molecule has 6 unspecified atom stereocenters. The maximum atomic E-state index is 12.0. The molecule has 3 fully saturated rings. The molecular formula is C15H22O3. The number of methoxy groups -OCH3 is 1. The number of aliphatic hydroxyl groups is 1. The highest BCUT2D eigenvalue weighted by atomic mass is 16.5. The lowest BCUT2D eigenvalue weighted by Crippen LogP contribution is -2.53. The molecule has 3 nitrogen and oxygen atoms in total. The number of rotatable bonds is 3. The minimum atomic E-state index is -0.449. The van der Waals surface area contributed by atoms with Crippen molar-refractivity contribution in [3.05, 3.63) is 12.2 Å². The predicted molar refractivity (Wildman–Crippen MR) is 67.9 cm³/mol. The molecule has 1 N–H and O–H groups in total. The van der Waals surface area contributed by atoms with E-state index >= 15 is 0 Å². The van der Waals surface area contributed by atoms with E-state index < -0.39 is 5.41 Å². The molecule has 0 aliphatic heterocycles. The molecule has 0 heterocycles. The van der Waals surface area contributed by atoms with Crippen LogP contribution in [0.25, 0.3) is 0 Å². The summed E-state index contributed by atoms with van der Waals surface area (Å²) in [6.07, 6.45) is 4.22. The molecule has 0 aromatic heterocycles. The summed E-state index contributed by atoms with van der Waals surface area (Å²) in [5, 5.41) is 9.71. The number of hydrogen-bond acceptors (Lipinski definition) is 3. The zero-order valence-electron chi connectivity index (χ0n) is 11.2. The highest BCUT2D eigenvalue weighted by molar-refractivity contribution is 5.69. The summed E-state index contributed by atoms with van der Waals surface area (Å²) in [6, 6.07) is 0. The van der Waals surface area contributed by atoms with Crippen molar-refractivity contribution in [2.24, 2.45) is 28.6 Å². The van der Waals surface area contributed by atoms with Gasteiger partial charge in [0, 0.05) is 25.0 Å². The smallest absolute Gasteiger partial charge is 0.129 e. The van der Waals surface area contributed by atoms with E-state index in [9.17, 15) is 9.90 Å². The monoisotopic (exact) mass is 250 g/mol. The summed E-state index contributed by atoms with van der Waals surface area (Å²) >= 11 is 0. The van der Waals surface area contributed by atoms with Crippen LogP contribution in [0, 0.1) is 28.6 Å². The van der Waals surface area contributed by atoms with E-state index in [4.69, 9.17) is 4.74 Å². The zero-order chi connectivity index (χ0) is 13.1. The van der Waals surface area contributed by atoms with Crippen molar-refractivity contribution in [3.8, 4) is 0 Å². The number of ether oxygens (including phenoxy) is 1. The van der Waals surface area contributed by atoms with Gasteiger partial charge in [-0.25, -0.2) is 0 Å². The highest BCUT2D eigenvalue weighted by Gasteiger charge is 2.75. The van der Waals surface area contributed by atoms with Crippen LogP contribution in [-0.2, 0) is 9.53 Å². The van der Waals surface area contributed by atoms with Gasteiger partial charge in [-0.05, 0) is 24.7 Å². The second-order valence-corrected chi connectivity index (χ2v) is 6.44. The Hall–Kier alpha value is -0.670. The largest absolute Gasteiger partial charge is 0.396 e. The van der Waals surface area contributed by atoms with Crippen molar-refractivity contribution < 1.29 is 14.6 Å². The van der Waals surface area contributed by atoms with Gasteiger partial charge in [-0.1, -0.05) is 25.5 Å². The minimum absolute atomic E-state index is 0.0880. The van der Waals surface area contributed by atoms with Gasteiger partial charge in [-0.2, -0.15) is 0 Å². The van der Waals surface area contributed by atoms with Crippen molar-refractivity contribution in [1.82, 2.24) is 0 Å². The minimum Gasteiger partial charge on any atom is -0.396 e. The zero-order valence-corrected chi connectivity index (χ0v) is 11.2. The number of carbonyl (C=O) groups excluding carboxylic acids is 1. The summed E-state index contributed by atoms with van der Waals surface area (Å²) in [4.78, 5) is 12.0. The maximum absolute atomic E-state index is 12.0. The van der Waals surface area contributed by atoms with Crippen LogP contribution < -0.4 is 0 Å². The van der Waals surface area contributed by atoms with Gasteiger partial charge in [-0.3, -0.25) is 0 Å². The third-order valence-corrected chi connectivity index (χ3v) is 6.31. The van der Waals surface area contributed by atoms with Gasteiger partial charge in [0.25, 0.3) is 0 Å². The average Bonchev–Trinajstić information content (AvgIpc) is 2.77. The van der Waals surface area contributed by atoms with Crippen molar-refractivity contribution >= 4 is 6.29 Å². The van der Waals surface area contributed by atoms with Crippen LogP contribution in [0.4, 0.5) is 0 Å². The second-order valence-electron chi connectivity index (χ2n) is 6.44. The molecule has 2 bridgehead atoms. The van der Waals surface area contributed by atoms with Gasteiger partial charge >= 0.3 is 0 Å². The summed E-state index contributed by atoms with van der Waals surface area (Å²) in [5.41, 5.74) is 0.556. The molecule has 18 heavy (non-hydrogen) atoms. The first-order chi connectivity index (χ1) is 8.58. The SMILES string of the molecule is C=C1C2C(CO)C3CCCC1(C)C3(C=O)C2OC. The van der Waals surface area contributed by atoms with E-state index in [0.717, 1.165) is 31.1 Å². The van der Waals surface area contributed by atoms with Crippen molar-refractivity contribution in [3.63, 3.8) is 0 Å². The van der Waals surface area contributed by atoms with Crippen molar-refractivity contribution in [2.75, 3.05) is 13.7 Å². The number of carbonyl (C=O) groups is 1. The molecule has 0 saturated heterocycles. The van der Waals surface area contributed by atoms with E-state index in [0.29, 0.717) is 0 Å². The first-order valence-electron chi connectivity index (χ1n) is 6.87. The molecule has 0 aromatic rings. The van der Waals surface area contributed by atoms with E-state index in [1.165, 1.54) is 0 Å². The molecule has 3 rings (SSSR count). The van der Waals surface area contributed by atoms with Gasteiger partial charge in [0.2, 0.25) is 0 Å². The molecule has 3 heteroatoms. The van der Waals surface area contributed by atoms with Gasteiger partial charge in [0.05, 0.1) is 11.5 Å². The Labute approximate surface area is 108 Å². The molecule has 100 valence electrons. The Morgan fingerprint density at radius 1 is 1.61 bits per heavy atom. The lowest BCUT2D eigenvalue weighted by molar-refractivity contribution is -0.140. The summed E-state index contributed by atoms with van der Waals surface area (Å²) in [7, 11) is 1.69. The maximum Gasteiger partial charge on any atom is 0.129 e. The molecule has 3 aliphatic rings. The summed E-state index contributed by atoms with van der Waals surface area (Å²) < 4.78 is 5.69. The Balaban J connectivity index is 2.20. The van der Waals surface area contributed by atoms with Crippen LogP contribution >= 0.6 is 0 Å². The Morgan fingerprint density at radius 3 is 2.89 bits per heavy atom. The van der Waals surface area contributed by atoms with Crippen LogP contribution in [0.1, 0.15) is 26.2 Å². The average molecular weight is 250 g/mol. The highest BCUT2D eigenvalue weighted by Crippen LogP contribution is 2.74. The Morgan fingerprint density at radius 2 is 2.33 bits per heavy atom. The van der Waals surface area contributed by atoms with Gasteiger partial charge < -0.3 is 14.6 Å². The summed E-state index contributed by atoms with van der Waals surface area (Å²) in [6.45, 7) is 6.58. The normalized spacial score (nSPS) is 53.8. The van der Waals surface area contributed by atoms with E-state index in [-0.39, 0.29) is 35.9 Å². The van der Waals surface area contributed by atoms with E-state index in [2.05, 4.69) is 13.5 Å². The Bertz CT molecular complexity index is 405. The summed E-state index contributed by atoms with van der Waals surface area (Å²) in [5.74, 6) is 0.570. The Kier molecular flexibility index (Phi) is 2.52. The molecule has 6 atom stereocenters. The molecule has 3 saturated carbocycles. The van der Waals surface area contributed by atoms with Crippen molar-refractivity contribution in [1.29, 1.82) is 0 Å². The van der Waals surface area contributed by atoms with Gasteiger partial charge in [0.15, 0.2) is 0 Å². The standard InChI is InChI=1S/C15H22O3/c1-9-12-10(7-16)11-5-4-6-14(9,2)15(11,8-17)13(12)18-3/h8,10-13,16H,1,4-7H2,2-3H3. The number of aldehydes is 1. The molecule has 3 aliphatic carbocycles. The van der Waals surface area contributed by atoms with Gasteiger partial charge in [-0.15, -0.1) is 0 Å². The van der Waals surface area contributed by atoms with Crippen LogP contribution in [0.5, 0.6) is 0 Å². The van der Waals surface area contributed by atoms with E-state index in [1.807, 2.05) is 0 Å². The number of fused-ring (bicyclic) bond motifs is 1. The van der Waals surface area contributed by atoms with Crippen LogP contribution in [0.3, 0.4) is 0 Å². The lowest BCUT2D eigenvalue weighted by atomic mass is 9.50. The number of hydrogen-bond donors (Lipinski definition) is 1.